The number of rotatable bonds is 8. The molecule has 0 aliphatic heterocycles. The summed E-state index contributed by atoms with van der Waals surface area (Å²) in [5, 5.41) is 4.23. The fourth-order valence-electron chi connectivity index (χ4n) is 2.67. The van der Waals surface area contributed by atoms with Gasteiger partial charge in [0.25, 0.3) is 0 Å². The van der Waals surface area contributed by atoms with Crippen LogP contribution in [-0.2, 0) is 0 Å². The van der Waals surface area contributed by atoms with Crippen molar-refractivity contribution in [3.8, 4) is 0 Å². The van der Waals surface area contributed by atoms with E-state index in [9.17, 15) is 0 Å². The molecule has 1 aliphatic rings. The first-order valence-corrected chi connectivity index (χ1v) is 7.79. The molecule has 2 nitrogen and oxygen atoms in total. The van der Waals surface area contributed by atoms with Crippen LogP contribution < -0.4 is 5.32 Å². The van der Waals surface area contributed by atoms with Gasteiger partial charge in [0.1, 0.15) is 0 Å². The minimum absolute atomic E-state index is 0.426. The molecular weight excluding hydrogens is 256 g/mol. The van der Waals surface area contributed by atoms with Crippen molar-refractivity contribution in [2.75, 3.05) is 20.1 Å². The van der Waals surface area contributed by atoms with Crippen LogP contribution in [0, 0.1) is 0 Å². The summed E-state index contributed by atoms with van der Waals surface area (Å²) >= 11 is 5.95. The van der Waals surface area contributed by atoms with Crippen molar-refractivity contribution in [2.45, 2.75) is 44.7 Å². The van der Waals surface area contributed by atoms with E-state index in [1.807, 2.05) is 19.2 Å². The van der Waals surface area contributed by atoms with Gasteiger partial charge in [0.15, 0.2) is 0 Å². The molecule has 1 atom stereocenters. The highest BCUT2D eigenvalue weighted by Crippen LogP contribution is 2.28. The lowest BCUT2D eigenvalue weighted by Gasteiger charge is -2.24. The van der Waals surface area contributed by atoms with Gasteiger partial charge in [0, 0.05) is 23.7 Å². The van der Waals surface area contributed by atoms with Crippen molar-refractivity contribution in [3.63, 3.8) is 0 Å². The standard InChI is InChI=1S/C16H25ClN2/c1-3-11-19(15-8-9-15)12-10-16(18-2)13-4-6-14(17)7-5-13/h4-7,15-16,18H,3,8-12H2,1-2H3. The Morgan fingerprint density at radius 2 is 1.95 bits per heavy atom. The van der Waals surface area contributed by atoms with Crippen LogP contribution in [0.4, 0.5) is 0 Å². The Labute approximate surface area is 122 Å². The van der Waals surface area contributed by atoms with Gasteiger partial charge in [-0.3, -0.25) is 0 Å². The maximum atomic E-state index is 5.95. The Morgan fingerprint density at radius 1 is 1.26 bits per heavy atom. The van der Waals surface area contributed by atoms with Gasteiger partial charge in [0.05, 0.1) is 0 Å². The van der Waals surface area contributed by atoms with E-state index in [0.29, 0.717) is 6.04 Å². The first-order valence-electron chi connectivity index (χ1n) is 7.41. The monoisotopic (exact) mass is 280 g/mol. The average molecular weight is 281 g/mol. The van der Waals surface area contributed by atoms with Gasteiger partial charge in [-0.1, -0.05) is 30.7 Å². The van der Waals surface area contributed by atoms with Crippen LogP contribution in [0.1, 0.15) is 44.2 Å². The molecule has 1 aromatic rings. The molecule has 1 aliphatic carbocycles. The molecule has 1 saturated carbocycles. The molecule has 1 unspecified atom stereocenters. The minimum Gasteiger partial charge on any atom is -0.313 e. The van der Waals surface area contributed by atoms with E-state index in [1.54, 1.807) is 0 Å². The second kappa shape index (κ2) is 7.28. The summed E-state index contributed by atoms with van der Waals surface area (Å²) in [5.41, 5.74) is 1.33. The van der Waals surface area contributed by atoms with Gasteiger partial charge in [-0.25, -0.2) is 0 Å². The van der Waals surface area contributed by atoms with E-state index in [1.165, 1.54) is 37.9 Å². The van der Waals surface area contributed by atoms with E-state index in [0.717, 1.165) is 17.5 Å². The zero-order valence-electron chi connectivity index (χ0n) is 12.0. The quantitative estimate of drug-likeness (QED) is 0.778. The highest BCUT2D eigenvalue weighted by Gasteiger charge is 2.28. The van der Waals surface area contributed by atoms with Crippen molar-refractivity contribution in [3.05, 3.63) is 34.9 Å². The van der Waals surface area contributed by atoms with Crippen LogP contribution in [0.15, 0.2) is 24.3 Å². The van der Waals surface area contributed by atoms with Crippen LogP contribution in [0.2, 0.25) is 5.02 Å². The summed E-state index contributed by atoms with van der Waals surface area (Å²) in [7, 11) is 2.04. The fraction of sp³-hybridized carbons (Fsp3) is 0.625. The molecule has 106 valence electrons. The first-order chi connectivity index (χ1) is 9.24. The lowest BCUT2D eigenvalue weighted by molar-refractivity contribution is 0.249. The summed E-state index contributed by atoms with van der Waals surface area (Å²) in [6.45, 7) is 4.69. The van der Waals surface area contributed by atoms with Crippen LogP contribution in [0.3, 0.4) is 0 Å². The minimum atomic E-state index is 0.426. The zero-order valence-corrected chi connectivity index (χ0v) is 12.8. The highest BCUT2D eigenvalue weighted by molar-refractivity contribution is 6.30. The molecule has 1 N–H and O–H groups in total. The summed E-state index contributed by atoms with van der Waals surface area (Å²) in [5.74, 6) is 0. The SMILES string of the molecule is CCCN(CCC(NC)c1ccc(Cl)cc1)C1CC1. The van der Waals surface area contributed by atoms with Crippen LogP contribution >= 0.6 is 11.6 Å². The molecule has 2 rings (SSSR count). The predicted molar refractivity (Wildman–Crippen MR) is 82.8 cm³/mol. The molecule has 19 heavy (non-hydrogen) atoms. The average Bonchev–Trinajstić information content (AvgIpc) is 3.24. The van der Waals surface area contributed by atoms with E-state index < -0.39 is 0 Å². The molecule has 0 radical (unpaired) electrons. The van der Waals surface area contributed by atoms with Gasteiger partial charge in [-0.2, -0.15) is 0 Å². The molecule has 0 saturated heterocycles. The normalized spacial score (nSPS) is 16.8. The molecule has 0 bridgehead atoms. The van der Waals surface area contributed by atoms with Gasteiger partial charge >= 0.3 is 0 Å². The molecule has 1 aromatic carbocycles. The van der Waals surface area contributed by atoms with Crippen LogP contribution in [-0.4, -0.2) is 31.1 Å². The van der Waals surface area contributed by atoms with Crippen molar-refractivity contribution in [2.24, 2.45) is 0 Å². The number of hydrogen-bond donors (Lipinski definition) is 1. The third-order valence-corrected chi connectivity index (χ3v) is 4.15. The molecular formula is C16H25ClN2. The first kappa shape index (κ1) is 14.8. The van der Waals surface area contributed by atoms with Gasteiger partial charge in [0.2, 0.25) is 0 Å². The number of nitrogens with zero attached hydrogens (tertiary/aromatic N) is 1. The summed E-state index contributed by atoms with van der Waals surface area (Å²) < 4.78 is 0. The van der Waals surface area contributed by atoms with Gasteiger partial charge < -0.3 is 10.2 Å². The van der Waals surface area contributed by atoms with Crippen LogP contribution in [0.25, 0.3) is 0 Å². The summed E-state index contributed by atoms with van der Waals surface area (Å²) in [6.07, 6.45) is 5.20. The predicted octanol–water partition coefficient (Wildman–Crippen LogP) is 3.87. The number of benzene rings is 1. The molecule has 1 fully saturated rings. The summed E-state index contributed by atoms with van der Waals surface area (Å²) in [4.78, 5) is 2.65. The second-order valence-corrected chi connectivity index (χ2v) is 5.89. The smallest absolute Gasteiger partial charge is 0.0406 e. The molecule has 0 aromatic heterocycles. The lowest BCUT2D eigenvalue weighted by atomic mass is 10.0. The Morgan fingerprint density at radius 3 is 2.47 bits per heavy atom. The maximum Gasteiger partial charge on any atom is 0.0406 e. The second-order valence-electron chi connectivity index (χ2n) is 5.45. The maximum absolute atomic E-state index is 5.95. The highest BCUT2D eigenvalue weighted by atomic mass is 35.5. The lowest BCUT2D eigenvalue weighted by Crippen LogP contribution is -2.31. The Balaban J connectivity index is 1.89. The van der Waals surface area contributed by atoms with Gasteiger partial charge in [-0.15, -0.1) is 0 Å². The molecule has 3 heteroatoms. The third-order valence-electron chi connectivity index (χ3n) is 3.90. The molecule has 0 amide bonds. The van der Waals surface area contributed by atoms with E-state index in [2.05, 4.69) is 29.3 Å². The zero-order chi connectivity index (χ0) is 13.7. The summed E-state index contributed by atoms with van der Waals surface area (Å²) in [6, 6.07) is 9.51. The number of halogens is 1. The van der Waals surface area contributed by atoms with Crippen LogP contribution in [0.5, 0.6) is 0 Å². The van der Waals surface area contributed by atoms with Crippen molar-refractivity contribution >= 4 is 11.6 Å². The van der Waals surface area contributed by atoms with Crippen molar-refractivity contribution in [1.29, 1.82) is 0 Å². The molecule has 0 heterocycles. The topological polar surface area (TPSA) is 15.3 Å². The Hall–Kier alpha value is -0.570. The van der Waals surface area contributed by atoms with Crippen molar-refractivity contribution in [1.82, 2.24) is 10.2 Å². The molecule has 0 spiro atoms. The number of hydrogen-bond acceptors (Lipinski definition) is 2. The fourth-order valence-corrected chi connectivity index (χ4v) is 2.80. The number of nitrogens with one attached hydrogen (secondary N) is 1. The van der Waals surface area contributed by atoms with E-state index in [-0.39, 0.29) is 0 Å². The Bertz CT molecular complexity index is 373. The largest absolute Gasteiger partial charge is 0.313 e. The Kier molecular flexibility index (Phi) is 5.68. The van der Waals surface area contributed by atoms with Crippen molar-refractivity contribution < 1.29 is 0 Å². The van der Waals surface area contributed by atoms with E-state index >= 15 is 0 Å². The third kappa shape index (κ3) is 4.48. The van der Waals surface area contributed by atoms with Gasteiger partial charge in [-0.05, 0) is 57.0 Å². The van der Waals surface area contributed by atoms with E-state index in [4.69, 9.17) is 11.6 Å².